The minimum absolute atomic E-state index is 0.157. The molecule has 0 saturated carbocycles. The number of carboxylic acid groups (broad SMARTS) is 1. The van der Waals surface area contributed by atoms with Crippen LogP contribution in [0.1, 0.15) is 18.1 Å². The van der Waals surface area contributed by atoms with E-state index >= 15 is 0 Å². The fourth-order valence-corrected chi connectivity index (χ4v) is 2.35. The van der Waals surface area contributed by atoms with Crippen LogP contribution in [0.5, 0.6) is 0 Å². The van der Waals surface area contributed by atoms with Gasteiger partial charge < -0.3 is 15.5 Å². The van der Waals surface area contributed by atoms with Gasteiger partial charge in [-0.1, -0.05) is 29.8 Å². The number of amides is 1. The van der Waals surface area contributed by atoms with Crippen LogP contribution in [0.15, 0.2) is 24.3 Å². The van der Waals surface area contributed by atoms with Gasteiger partial charge in [0, 0.05) is 5.75 Å². The molecule has 1 aromatic rings. The lowest BCUT2D eigenvalue weighted by atomic mass is 10.2. The molecule has 0 aliphatic carbocycles. The molecule has 0 saturated heterocycles. The predicted octanol–water partition coefficient (Wildman–Crippen LogP) is 1.18. The Morgan fingerprint density at radius 3 is 2.40 bits per heavy atom. The van der Waals surface area contributed by atoms with E-state index in [0.29, 0.717) is 5.75 Å². The van der Waals surface area contributed by atoms with Crippen molar-refractivity contribution in [3.8, 4) is 0 Å². The number of nitrogens with one attached hydrogen (secondary N) is 1. The number of benzene rings is 1. The summed E-state index contributed by atoms with van der Waals surface area (Å²) in [7, 11) is 0. The number of carboxylic acids is 1. The summed E-state index contributed by atoms with van der Waals surface area (Å²) in [6.07, 6.45) is -1.13. The lowest BCUT2D eigenvalue weighted by molar-refractivity contribution is -0.144. The third-order valence-corrected chi connectivity index (χ3v) is 3.69. The van der Waals surface area contributed by atoms with E-state index in [2.05, 4.69) is 5.32 Å². The molecule has 0 bridgehead atoms. The summed E-state index contributed by atoms with van der Waals surface area (Å²) >= 11 is 1.40. The highest BCUT2D eigenvalue weighted by Gasteiger charge is 2.24. The summed E-state index contributed by atoms with van der Waals surface area (Å²) in [4.78, 5) is 22.4. The minimum atomic E-state index is -1.26. The largest absolute Gasteiger partial charge is 0.480 e. The monoisotopic (exact) mass is 297 g/mol. The van der Waals surface area contributed by atoms with Gasteiger partial charge >= 0.3 is 5.97 Å². The fraction of sp³-hybridized carbons (Fsp3) is 0.429. The number of hydrogen-bond donors (Lipinski definition) is 3. The van der Waals surface area contributed by atoms with E-state index in [1.165, 1.54) is 24.2 Å². The average molecular weight is 297 g/mol. The Balaban J connectivity index is 2.36. The highest BCUT2D eigenvalue weighted by molar-refractivity contribution is 7.99. The van der Waals surface area contributed by atoms with Crippen molar-refractivity contribution in [1.82, 2.24) is 5.32 Å². The number of rotatable bonds is 7. The molecule has 5 nitrogen and oxygen atoms in total. The molecule has 1 amide bonds. The van der Waals surface area contributed by atoms with E-state index in [1.54, 1.807) is 0 Å². The molecule has 6 heteroatoms. The molecule has 1 aromatic carbocycles. The molecule has 2 atom stereocenters. The Bertz CT molecular complexity index is 459. The number of carbonyl (C=O) groups excluding carboxylic acids is 1. The van der Waals surface area contributed by atoms with Crippen LogP contribution in [0.4, 0.5) is 0 Å². The molecule has 0 spiro atoms. The molecule has 0 aromatic heterocycles. The maximum atomic E-state index is 11.6. The van der Waals surface area contributed by atoms with Crippen molar-refractivity contribution in [2.24, 2.45) is 0 Å². The van der Waals surface area contributed by atoms with E-state index in [-0.39, 0.29) is 5.75 Å². The van der Waals surface area contributed by atoms with Crippen molar-refractivity contribution < 1.29 is 19.8 Å². The Hall–Kier alpha value is -1.53. The number of aliphatic hydroxyl groups excluding tert-OH is 1. The quantitative estimate of drug-likeness (QED) is 0.703. The van der Waals surface area contributed by atoms with Crippen LogP contribution in [-0.4, -0.2) is 40.0 Å². The van der Waals surface area contributed by atoms with E-state index in [0.717, 1.165) is 5.56 Å². The summed E-state index contributed by atoms with van der Waals surface area (Å²) in [6, 6.07) is 6.74. The Labute approximate surface area is 122 Å². The first-order chi connectivity index (χ1) is 9.40. The van der Waals surface area contributed by atoms with Crippen molar-refractivity contribution in [1.29, 1.82) is 0 Å². The van der Waals surface area contributed by atoms with Crippen molar-refractivity contribution in [3.05, 3.63) is 35.4 Å². The van der Waals surface area contributed by atoms with Gasteiger partial charge in [0.1, 0.15) is 0 Å². The Morgan fingerprint density at radius 1 is 1.30 bits per heavy atom. The molecular formula is C14H19NO4S. The van der Waals surface area contributed by atoms with Gasteiger partial charge in [-0.25, -0.2) is 4.79 Å². The van der Waals surface area contributed by atoms with Crippen LogP contribution >= 0.6 is 11.8 Å². The second-order valence-corrected chi connectivity index (χ2v) is 5.59. The lowest BCUT2D eigenvalue weighted by Gasteiger charge is -2.16. The molecular weight excluding hydrogens is 278 g/mol. The number of carbonyl (C=O) groups is 2. The van der Waals surface area contributed by atoms with Gasteiger partial charge in [0.2, 0.25) is 5.91 Å². The standard InChI is InChI=1S/C14H19NO4S/c1-9-3-5-11(6-4-9)7-20-8-12(17)15-13(10(2)16)14(18)19/h3-6,10,13,16H,7-8H2,1-2H3,(H,15,17)(H,18,19)/t10-,13+/m1/s1. The zero-order chi connectivity index (χ0) is 15.1. The van der Waals surface area contributed by atoms with Crippen LogP contribution in [0.2, 0.25) is 0 Å². The van der Waals surface area contributed by atoms with Crippen molar-refractivity contribution in [2.75, 3.05) is 5.75 Å². The second-order valence-electron chi connectivity index (χ2n) is 4.60. The third kappa shape index (κ3) is 5.63. The van der Waals surface area contributed by atoms with Crippen LogP contribution in [0.25, 0.3) is 0 Å². The van der Waals surface area contributed by atoms with Crippen LogP contribution in [0, 0.1) is 6.92 Å². The summed E-state index contributed by atoms with van der Waals surface area (Å²) < 4.78 is 0. The number of aliphatic carboxylic acids is 1. The molecule has 0 aliphatic rings. The van der Waals surface area contributed by atoms with E-state index in [1.807, 2.05) is 31.2 Å². The van der Waals surface area contributed by atoms with Gasteiger partial charge in [-0.2, -0.15) is 0 Å². The molecule has 0 aliphatic heterocycles. The molecule has 0 fully saturated rings. The second kappa shape index (κ2) is 7.91. The molecule has 3 N–H and O–H groups in total. The van der Waals surface area contributed by atoms with Crippen LogP contribution < -0.4 is 5.32 Å². The number of aliphatic hydroxyl groups is 1. The number of thioether (sulfide) groups is 1. The SMILES string of the molecule is Cc1ccc(CSCC(=O)N[C@H](C(=O)O)[C@@H](C)O)cc1. The zero-order valence-corrected chi connectivity index (χ0v) is 12.3. The Kier molecular flexibility index (Phi) is 6.54. The van der Waals surface area contributed by atoms with Gasteiger partial charge in [-0.05, 0) is 19.4 Å². The van der Waals surface area contributed by atoms with E-state index < -0.39 is 24.0 Å². The average Bonchev–Trinajstić information content (AvgIpc) is 2.37. The van der Waals surface area contributed by atoms with Crippen molar-refractivity contribution in [2.45, 2.75) is 31.7 Å². The maximum absolute atomic E-state index is 11.6. The van der Waals surface area contributed by atoms with Crippen LogP contribution in [-0.2, 0) is 15.3 Å². The van der Waals surface area contributed by atoms with Crippen molar-refractivity contribution >= 4 is 23.6 Å². The van der Waals surface area contributed by atoms with Gasteiger partial charge in [0.15, 0.2) is 6.04 Å². The normalized spacial score (nSPS) is 13.6. The molecule has 110 valence electrons. The first-order valence-electron chi connectivity index (χ1n) is 6.23. The third-order valence-electron chi connectivity index (χ3n) is 2.69. The first kappa shape index (κ1) is 16.5. The summed E-state index contributed by atoms with van der Waals surface area (Å²) in [5, 5.41) is 20.4. The topological polar surface area (TPSA) is 86.6 Å². The fourth-order valence-electron chi connectivity index (χ4n) is 1.55. The van der Waals surface area contributed by atoms with Crippen molar-refractivity contribution in [3.63, 3.8) is 0 Å². The maximum Gasteiger partial charge on any atom is 0.328 e. The molecule has 0 unspecified atom stereocenters. The first-order valence-corrected chi connectivity index (χ1v) is 7.39. The van der Waals surface area contributed by atoms with E-state index in [9.17, 15) is 14.7 Å². The molecule has 0 radical (unpaired) electrons. The number of aryl methyl sites for hydroxylation is 1. The van der Waals surface area contributed by atoms with Gasteiger partial charge in [0.05, 0.1) is 11.9 Å². The summed E-state index contributed by atoms with van der Waals surface area (Å²) in [6.45, 7) is 3.34. The van der Waals surface area contributed by atoms with Gasteiger partial charge in [-0.15, -0.1) is 11.8 Å². The molecule has 1 rings (SSSR count). The number of hydrogen-bond acceptors (Lipinski definition) is 4. The van der Waals surface area contributed by atoms with Gasteiger partial charge in [-0.3, -0.25) is 4.79 Å². The minimum Gasteiger partial charge on any atom is -0.480 e. The highest BCUT2D eigenvalue weighted by atomic mass is 32.2. The smallest absolute Gasteiger partial charge is 0.328 e. The van der Waals surface area contributed by atoms with Gasteiger partial charge in [0.25, 0.3) is 0 Å². The molecule has 20 heavy (non-hydrogen) atoms. The van der Waals surface area contributed by atoms with E-state index in [4.69, 9.17) is 5.11 Å². The Morgan fingerprint density at radius 2 is 1.90 bits per heavy atom. The zero-order valence-electron chi connectivity index (χ0n) is 11.5. The van der Waals surface area contributed by atoms with Crippen LogP contribution in [0.3, 0.4) is 0 Å². The highest BCUT2D eigenvalue weighted by Crippen LogP contribution is 2.12. The molecule has 0 heterocycles. The summed E-state index contributed by atoms with van der Waals surface area (Å²) in [5.41, 5.74) is 2.29. The summed E-state index contributed by atoms with van der Waals surface area (Å²) in [5.74, 6) is -0.794. The predicted molar refractivity (Wildman–Crippen MR) is 78.6 cm³/mol. The lowest BCUT2D eigenvalue weighted by Crippen LogP contribution is -2.48.